The molecule has 1 saturated heterocycles. The number of alkyl halides is 1. The summed E-state index contributed by atoms with van der Waals surface area (Å²) in [7, 11) is 0. The maximum absolute atomic E-state index is 12.9. The van der Waals surface area contributed by atoms with Crippen molar-refractivity contribution in [2.75, 3.05) is 19.1 Å². The van der Waals surface area contributed by atoms with Crippen LogP contribution in [0.5, 0.6) is 0 Å². The van der Waals surface area contributed by atoms with Gasteiger partial charge in [0.15, 0.2) is 5.79 Å². The van der Waals surface area contributed by atoms with Gasteiger partial charge >= 0.3 is 0 Å². The summed E-state index contributed by atoms with van der Waals surface area (Å²) in [4.78, 5) is 0. The fourth-order valence-corrected chi connectivity index (χ4v) is 2.26. The first-order chi connectivity index (χ1) is 8.27. The minimum absolute atomic E-state index is 0.248. The van der Waals surface area contributed by atoms with Crippen molar-refractivity contribution in [3.8, 4) is 0 Å². The molecule has 0 amide bonds. The lowest BCUT2D eigenvalue weighted by molar-refractivity contribution is -0.171. The second-order valence-corrected chi connectivity index (χ2v) is 4.48. The van der Waals surface area contributed by atoms with Gasteiger partial charge in [-0.25, -0.2) is 4.39 Å². The molecule has 0 bridgehead atoms. The molecule has 2 nitrogen and oxygen atoms in total. The lowest BCUT2D eigenvalue weighted by atomic mass is 10.00. The molecule has 0 N–H and O–H groups in total. The number of benzene rings is 1. The molecule has 1 heterocycles. The smallest absolute Gasteiger partial charge is 0.194 e. The van der Waals surface area contributed by atoms with Crippen LogP contribution in [0.2, 0.25) is 0 Å². The molecule has 1 fully saturated rings. The van der Waals surface area contributed by atoms with E-state index in [4.69, 9.17) is 21.1 Å². The van der Waals surface area contributed by atoms with Gasteiger partial charge in [-0.15, -0.1) is 11.6 Å². The van der Waals surface area contributed by atoms with Gasteiger partial charge in [0, 0.05) is 17.9 Å². The molecule has 0 radical (unpaired) electrons. The van der Waals surface area contributed by atoms with Gasteiger partial charge in [-0.3, -0.25) is 0 Å². The van der Waals surface area contributed by atoms with Crippen molar-refractivity contribution in [3.05, 3.63) is 35.6 Å². The first-order valence-electron chi connectivity index (χ1n) is 5.87. The lowest BCUT2D eigenvalue weighted by Crippen LogP contribution is -2.27. The Labute approximate surface area is 106 Å². The van der Waals surface area contributed by atoms with Crippen LogP contribution in [0.4, 0.5) is 4.39 Å². The Hall–Kier alpha value is -0.640. The van der Waals surface area contributed by atoms with Crippen molar-refractivity contribution >= 4 is 11.6 Å². The molecule has 2 rings (SSSR count). The van der Waals surface area contributed by atoms with Gasteiger partial charge in [-0.2, -0.15) is 0 Å². The van der Waals surface area contributed by atoms with Crippen LogP contribution in [0.15, 0.2) is 24.3 Å². The second-order valence-electron chi connectivity index (χ2n) is 4.10. The summed E-state index contributed by atoms with van der Waals surface area (Å²) in [6.45, 7) is 1.16. The highest BCUT2D eigenvalue weighted by atomic mass is 35.5. The van der Waals surface area contributed by atoms with Crippen molar-refractivity contribution in [2.45, 2.75) is 25.0 Å². The largest absolute Gasteiger partial charge is 0.343 e. The second kappa shape index (κ2) is 5.80. The normalized spacial score (nSPS) is 18.5. The van der Waals surface area contributed by atoms with Crippen LogP contribution in [0.1, 0.15) is 24.8 Å². The summed E-state index contributed by atoms with van der Waals surface area (Å²) < 4.78 is 24.4. The van der Waals surface area contributed by atoms with E-state index in [1.807, 2.05) is 0 Å². The molecule has 17 heavy (non-hydrogen) atoms. The molecule has 4 heteroatoms. The predicted octanol–water partition coefficient (Wildman–Crippen LogP) is 3.43. The summed E-state index contributed by atoms with van der Waals surface area (Å²) in [6.07, 6.45) is 2.61. The number of halogens is 2. The average molecular weight is 259 g/mol. The average Bonchev–Trinajstić information content (AvgIpc) is 2.80. The van der Waals surface area contributed by atoms with E-state index in [1.54, 1.807) is 12.1 Å². The van der Waals surface area contributed by atoms with Gasteiger partial charge in [0.1, 0.15) is 5.82 Å². The van der Waals surface area contributed by atoms with Gasteiger partial charge < -0.3 is 9.47 Å². The Bertz CT molecular complexity index is 347. The van der Waals surface area contributed by atoms with E-state index in [2.05, 4.69) is 0 Å². The summed E-state index contributed by atoms with van der Waals surface area (Å²) >= 11 is 5.67. The molecule has 0 atom stereocenters. The van der Waals surface area contributed by atoms with Crippen molar-refractivity contribution in [2.24, 2.45) is 0 Å². The molecule has 1 aromatic rings. The Morgan fingerprint density at radius 3 is 2.35 bits per heavy atom. The van der Waals surface area contributed by atoms with E-state index >= 15 is 0 Å². The van der Waals surface area contributed by atoms with Crippen LogP contribution in [0.3, 0.4) is 0 Å². The molecule has 0 aliphatic carbocycles. The number of rotatable bonds is 5. The van der Waals surface area contributed by atoms with E-state index in [1.165, 1.54) is 12.1 Å². The van der Waals surface area contributed by atoms with E-state index in [0.717, 1.165) is 24.8 Å². The molecule has 0 saturated carbocycles. The highest BCUT2D eigenvalue weighted by molar-refractivity contribution is 6.17. The fourth-order valence-electron chi connectivity index (χ4n) is 2.07. The Balaban J connectivity index is 2.12. The van der Waals surface area contributed by atoms with Crippen molar-refractivity contribution in [1.29, 1.82) is 0 Å². The minimum Gasteiger partial charge on any atom is -0.343 e. The van der Waals surface area contributed by atoms with E-state index in [0.29, 0.717) is 19.1 Å². The van der Waals surface area contributed by atoms with Crippen molar-refractivity contribution < 1.29 is 13.9 Å². The van der Waals surface area contributed by atoms with E-state index in [9.17, 15) is 4.39 Å². The zero-order valence-electron chi connectivity index (χ0n) is 9.62. The number of hydrogen-bond donors (Lipinski definition) is 0. The van der Waals surface area contributed by atoms with Crippen LogP contribution >= 0.6 is 11.6 Å². The predicted molar refractivity (Wildman–Crippen MR) is 64.6 cm³/mol. The van der Waals surface area contributed by atoms with Gasteiger partial charge in [0.2, 0.25) is 0 Å². The Morgan fingerprint density at radius 2 is 1.76 bits per heavy atom. The van der Waals surface area contributed by atoms with Crippen LogP contribution < -0.4 is 0 Å². The van der Waals surface area contributed by atoms with Crippen LogP contribution in [-0.4, -0.2) is 19.1 Å². The molecule has 1 aliphatic heterocycles. The molecule has 1 aromatic carbocycles. The molecule has 94 valence electrons. The van der Waals surface area contributed by atoms with Gasteiger partial charge in [-0.1, -0.05) is 12.1 Å². The first-order valence-corrected chi connectivity index (χ1v) is 6.40. The summed E-state index contributed by atoms with van der Waals surface area (Å²) in [5.74, 6) is -0.304. The van der Waals surface area contributed by atoms with Crippen molar-refractivity contribution in [3.63, 3.8) is 0 Å². The summed E-state index contributed by atoms with van der Waals surface area (Å²) in [6, 6.07) is 6.32. The van der Waals surface area contributed by atoms with Crippen LogP contribution in [0, 0.1) is 5.82 Å². The highest BCUT2D eigenvalue weighted by Crippen LogP contribution is 2.36. The number of unbranched alkanes of at least 4 members (excludes halogenated alkanes) is 1. The topological polar surface area (TPSA) is 18.5 Å². The van der Waals surface area contributed by atoms with Crippen molar-refractivity contribution in [1.82, 2.24) is 0 Å². The molecular formula is C13H16ClFO2. The minimum atomic E-state index is -0.695. The fraction of sp³-hybridized carbons (Fsp3) is 0.538. The molecule has 0 unspecified atom stereocenters. The van der Waals surface area contributed by atoms with Crippen LogP contribution in [-0.2, 0) is 15.3 Å². The quantitative estimate of drug-likeness (QED) is 0.595. The monoisotopic (exact) mass is 258 g/mol. The molecule has 0 spiro atoms. The third-order valence-electron chi connectivity index (χ3n) is 2.93. The molecular weight excluding hydrogens is 243 g/mol. The van der Waals surface area contributed by atoms with E-state index < -0.39 is 5.79 Å². The zero-order chi connectivity index (χ0) is 12.1. The number of ether oxygens (including phenoxy) is 2. The number of hydrogen-bond acceptors (Lipinski definition) is 2. The zero-order valence-corrected chi connectivity index (χ0v) is 10.4. The van der Waals surface area contributed by atoms with Gasteiger partial charge in [-0.05, 0) is 25.0 Å². The Morgan fingerprint density at radius 1 is 1.12 bits per heavy atom. The highest BCUT2D eigenvalue weighted by Gasteiger charge is 2.37. The maximum atomic E-state index is 12.9. The third kappa shape index (κ3) is 2.97. The van der Waals surface area contributed by atoms with Crippen LogP contribution in [0.25, 0.3) is 0 Å². The summed E-state index contributed by atoms with van der Waals surface area (Å²) in [5, 5.41) is 0. The van der Waals surface area contributed by atoms with Gasteiger partial charge in [0.25, 0.3) is 0 Å². The lowest BCUT2D eigenvalue weighted by Gasteiger charge is -2.27. The Kier molecular flexibility index (Phi) is 4.37. The molecule has 1 aliphatic rings. The SMILES string of the molecule is Fc1ccc(C2(CCCCCl)OCCO2)cc1. The summed E-state index contributed by atoms with van der Waals surface area (Å²) in [5.41, 5.74) is 0.881. The van der Waals surface area contributed by atoms with E-state index in [-0.39, 0.29) is 5.82 Å². The first kappa shape index (κ1) is 12.8. The molecule has 0 aromatic heterocycles. The maximum Gasteiger partial charge on any atom is 0.194 e. The van der Waals surface area contributed by atoms with Gasteiger partial charge in [0.05, 0.1) is 13.2 Å². The standard InChI is InChI=1S/C13H16ClFO2/c14-8-2-1-7-13(16-9-10-17-13)11-3-5-12(15)6-4-11/h3-6H,1-2,7-10H2. The third-order valence-corrected chi connectivity index (χ3v) is 3.19.